The van der Waals surface area contributed by atoms with Crippen molar-refractivity contribution in [3.63, 3.8) is 0 Å². The van der Waals surface area contributed by atoms with Crippen molar-refractivity contribution in [1.29, 1.82) is 0 Å². The predicted molar refractivity (Wildman–Crippen MR) is 136 cm³/mol. The molecule has 1 aromatic carbocycles. The monoisotopic (exact) mass is 479 g/mol. The van der Waals surface area contributed by atoms with Crippen LogP contribution in [0.1, 0.15) is 77.1 Å². The summed E-state index contributed by atoms with van der Waals surface area (Å²) in [7, 11) is 0. The number of rotatable bonds is 10. The highest BCUT2D eigenvalue weighted by atomic mass is 32.1. The van der Waals surface area contributed by atoms with Gasteiger partial charge in [-0.05, 0) is 66.0 Å². The zero-order chi connectivity index (χ0) is 25.3. The summed E-state index contributed by atoms with van der Waals surface area (Å²) < 4.78 is 5.32. The normalized spacial score (nSPS) is 13.3. The van der Waals surface area contributed by atoms with E-state index in [0.717, 1.165) is 29.5 Å². The van der Waals surface area contributed by atoms with E-state index in [1.165, 1.54) is 0 Å². The third-order valence-corrected chi connectivity index (χ3v) is 5.43. The molecule has 33 heavy (non-hydrogen) atoms. The number of alkyl carbamates (subject to hydrolysis) is 1. The fourth-order valence-electron chi connectivity index (χ4n) is 3.45. The molecule has 0 spiro atoms. The fourth-order valence-corrected chi connectivity index (χ4v) is 3.70. The summed E-state index contributed by atoms with van der Waals surface area (Å²) in [5.74, 6) is -0.560. The fraction of sp³-hybridized carbons (Fsp3) is 0.640. The highest BCUT2D eigenvalue weighted by Gasteiger charge is 2.37. The molecule has 2 N–H and O–H groups in total. The topological polar surface area (TPSA) is 87.7 Å². The Balaban J connectivity index is 3.39. The van der Waals surface area contributed by atoms with E-state index in [1.807, 2.05) is 45.9 Å². The van der Waals surface area contributed by atoms with Crippen molar-refractivity contribution in [3.8, 4) is 0 Å². The number of amides is 3. The number of nitrogens with zero attached hydrogens (tertiary/aromatic N) is 1. The van der Waals surface area contributed by atoms with Gasteiger partial charge in [0.15, 0.2) is 0 Å². The number of unbranched alkanes of at least 4 members (excludes halogenated alkanes) is 1. The quantitative estimate of drug-likeness (QED) is 0.344. The second-order valence-electron chi connectivity index (χ2n) is 9.63. The van der Waals surface area contributed by atoms with Crippen LogP contribution in [0.2, 0.25) is 0 Å². The Hall–Kier alpha value is -2.22. The zero-order valence-corrected chi connectivity index (χ0v) is 22.2. The maximum Gasteiger partial charge on any atom is 0.408 e. The number of hydrogen-bond donors (Lipinski definition) is 3. The average Bonchev–Trinajstić information content (AvgIpc) is 2.70. The first-order valence-electron chi connectivity index (χ1n) is 11.6. The lowest BCUT2D eigenvalue weighted by atomic mass is 9.95. The highest BCUT2D eigenvalue weighted by Crippen LogP contribution is 2.28. The van der Waals surface area contributed by atoms with Gasteiger partial charge in [-0.3, -0.25) is 9.59 Å². The van der Waals surface area contributed by atoms with Gasteiger partial charge in [-0.15, -0.1) is 0 Å². The van der Waals surface area contributed by atoms with E-state index in [-0.39, 0.29) is 23.6 Å². The molecule has 0 bridgehead atoms. The standard InChI is InChI=1S/C25H41N3O4S/c1-9-10-13-26-22(29)21(19-14-17(4)11-12-18(19)5)28(16(2)3)23(30)20(15-33)27-24(31)32-25(6,7)8/h11-12,14,16,20-21,33H,9-10,13,15H2,1-8H3,(H,26,29)(H,27,31). The van der Waals surface area contributed by atoms with Crippen molar-refractivity contribution in [2.45, 2.75) is 92.0 Å². The van der Waals surface area contributed by atoms with Gasteiger partial charge in [-0.25, -0.2) is 4.79 Å². The minimum atomic E-state index is -0.943. The molecule has 0 radical (unpaired) electrons. The number of ether oxygens (including phenoxy) is 1. The van der Waals surface area contributed by atoms with Crippen molar-refractivity contribution in [2.24, 2.45) is 0 Å². The largest absolute Gasteiger partial charge is 0.444 e. The van der Waals surface area contributed by atoms with Crippen LogP contribution < -0.4 is 10.6 Å². The molecular weight excluding hydrogens is 438 g/mol. The van der Waals surface area contributed by atoms with Gasteiger partial charge >= 0.3 is 6.09 Å². The third-order valence-electron chi connectivity index (χ3n) is 5.07. The summed E-state index contributed by atoms with van der Waals surface area (Å²) in [4.78, 5) is 41.0. The van der Waals surface area contributed by atoms with Crippen LogP contribution in [0, 0.1) is 13.8 Å². The lowest BCUT2D eigenvalue weighted by molar-refractivity contribution is -0.144. The maximum absolute atomic E-state index is 13.7. The van der Waals surface area contributed by atoms with E-state index in [1.54, 1.807) is 25.7 Å². The molecule has 186 valence electrons. The number of thiol groups is 1. The second kappa shape index (κ2) is 12.9. The molecule has 0 aliphatic heterocycles. The van der Waals surface area contributed by atoms with Crippen LogP contribution in [-0.2, 0) is 14.3 Å². The number of aryl methyl sites for hydroxylation is 2. The first kappa shape index (κ1) is 28.8. The van der Waals surface area contributed by atoms with Crippen LogP contribution in [0.4, 0.5) is 4.79 Å². The molecule has 8 heteroatoms. The summed E-state index contributed by atoms with van der Waals surface area (Å²) in [6.07, 6.45) is 1.10. The minimum absolute atomic E-state index is 0.0677. The van der Waals surface area contributed by atoms with Gasteiger partial charge in [0.05, 0.1) is 0 Å². The van der Waals surface area contributed by atoms with E-state index in [9.17, 15) is 14.4 Å². The lowest BCUT2D eigenvalue weighted by Gasteiger charge is -2.37. The van der Waals surface area contributed by atoms with Crippen molar-refractivity contribution in [2.75, 3.05) is 12.3 Å². The van der Waals surface area contributed by atoms with E-state index in [2.05, 4.69) is 30.2 Å². The number of hydrogen-bond acceptors (Lipinski definition) is 5. The van der Waals surface area contributed by atoms with Crippen molar-refractivity contribution in [1.82, 2.24) is 15.5 Å². The number of benzene rings is 1. The summed E-state index contributed by atoms with van der Waals surface area (Å²) in [5, 5.41) is 5.61. The SMILES string of the molecule is CCCCNC(=O)C(c1cc(C)ccc1C)N(C(=O)C(CS)NC(=O)OC(C)(C)C)C(C)C. The van der Waals surface area contributed by atoms with E-state index < -0.39 is 23.8 Å². The molecule has 2 atom stereocenters. The molecule has 0 fully saturated rings. The molecular formula is C25H41N3O4S. The highest BCUT2D eigenvalue weighted by molar-refractivity contribution is 7.80. The average molecular weight is 480 g/mol. The van der Waals surface area contributed by atoms with Gasteiger partial charge in [0, 0.05) is 18.3 Å². The summed E-state index contributed by atoms with van der Waals surface area (Å²) in [6.45, 7) is 15.4. The first-order chi connectivity index (χ1) is 15.3. The van der Waals surface area contributed by atoms with E-state index in [4.69, 9.17) is 4.74 Å². The van der Waals surface area contributed by atoms with Crippen molar-refractivity contribution in [3.05, 3.63) is 34.9 Å². The molecule has 1 rings (SSSR count). The Morgan fingerprint density at radius 2 is 1.79 bits per heavy atom. The Kier molecular flexibility index (Phi) is 11.2. The summed E-state index contributed by atoms with van der Waals surface area (Å²) in [6, 6.07) is 3.79. The number of carbonyl (C=O) groups excluding carboxylic acids is 3. The Morgan fingerprint density at radius 3 is 2.30 bits per heavy atom. The molecule has 0 aliphatic carbocycles. The van der Waals surface area contributed by atoms with Crippen LogP contribution in [0.3, 0.4) is 0 Å². The van der Waals surface area contributed by atoms with Crippen molar-refractivity contribution < 1.29 is 19.1 Å². The van der Waals surface area contributed by atoms with Gasteiger partial charge in [0.25, 0.3) is 0 Å². The van der Waals surface area contributed by atoms with Gasteiger partial charge in [0.1, 0.15) is 17.7 Å². The molecule has 7 nitrogen and oxygen atoms in total. The number of carbonyl (C=O) groups is 3. The Morgan fingerprint density at radius 1 is 1.15 bits per heavy atom. The van der Waals surface area contributed by atoms with Crippen LogP contribution >= 0.6 is 12.6 Å². The predicted octanol–water partition coefficient (Wildman–Crippen LogP) is 4.32. The van der Waals surface area contributed by atoms with Crippen LogP contribution in [-0.4, -0.2) is 52.8 Å². The summed E-state index contributed by atoms with van der Waals surface area (Å²) in [5.41, 5.74) is 1.97. The zero-order valence-electron chi connectivity index (χ0n) is 21.3. The molecule has 3 amide bonds. The maximum atomic E-state index is 13.7. The lowest BCUT2D eigenvalue weighted by Crippen LogP contribution is -2.55. The van der Waals surface area contributed by atoms with Gasteiger partial charge < -0.3 is 20.3 Å². The van der Waals surface area contributed by atoms with Crippen LogP contribution in [0.15, 0.2) is 18.2 Å². The molecule has 0 heterocycles. The van der Waals surface area contributed by atoms with E-state index >= 15 is 0 Å². The van der Waals surface area contributed by atoms with Crippen LogP contribution in [0.5, 0.6) is 0 Å². The molecule has 0 saturated heterocycles. The molecule has 0 saturated carbocycles. The molecule has 0 aromatic heterocycles. The molecule has 1 aromatic rings. The second-order valence-corrected chi connectivity index (χ2v) is 9.99. The third kappa shape index (κ3) is 8.91. The Labute approximate surface area is 204 Å². The van der Waals surface area contributed by atoms with E-state index in [0.29, 0.717) is 6.54 Å². The summed E-state index contributed by atoms with van der Waals surface area (Å²) >= 11 is 4.30. The molecule has 2 unspecified atom stereocenters. The van der Waals surface area contributed by atoms with Gasteiger partial charge in [-0.1, -0.05) is 37.1 Å². The molecule has 0 aliphatic rings. The minimum Gasteiger partial charge on any atom is -0.444 e. The van der Waals surface area contributed by atoms with Crippen molar-refractivity contribution >= 4 is 30.5 Å². The van der Waals surface area contributed by atoms with Gasteiger partial charge in [-0.2, -0.15) is 12.6 Å². The van der Waals surface area contributed by atoms with Gasteiger partial charge in [0.2, 0.25) is 11.8 Å². The number of nitrogens with one attached hydrogen (secondary N) is 2. The smallest absolute Gasteiger partial charge is 0.408 e. The Bertz CT molecular complexity index is 820. The first-order valence-corrected chi connectivity index (χ1v) is 12.2. The van der Waals surface area contributed by atoms with Crippen LogP contribution in [0.25, 0.3) is 0 Å².